The van der Waals surface area contributed by atoms with Crippen molar-refractivity contribution in [2.24, 2.45) is 17.3 Å². The Morgan fingerprint density at radius 2 is 2.21 bits per heavy atom. The lowest BCUT2D eigenvalue weighted by Gasteiger charge is -2.58. The molecule has 14 heavy (non-hydrogen) atoms. The lowest BCUT2D eigenvalue weighted by atomic mass is 9.48. The molecule has 3 aliphatic carbocycles. The number of carbonyl (C=O) groups excluding carboxylic acids is 1. The van der Waals surface area contributed by atoms with Crippen LogP contribution in [0.2, 0.25) is 0 Å². The van der Waals surface area contributed by atoms with Gasteiger partial charge in [-0.1, -0.05) is 19.4 Å². The summed E-state index contributed by atoms with van der Waals surface area (Å²) >= 11 is 0. The Kier molecular flexibility index (Phi) is 1.98. The first-order valence-corrected chi connectivity index (χ1v) is 5.28. The van der Waals surface area contributed by atoms with Gasteiger partial charge >= 0.3 is 5.97 Å². The zero-order chi connectivity index (χ0) is 10.5. The minimum absolute atomic E-state index is 0.0208. The molecule has 1 saturated carbocycles. The predicted octanol–water partition coefficient (Wildman–Crippen LogP) is 2.54. The van der Waals surface area contributed by atoms with Gasteiger partial charge in [0.05, 0.1) is 0 Å². The first kappa shape index (κ1) is 9.75. The number of carbonyl (C=O) groups is 1. The summed E-state index contributed by atoms with van der Waals surface area (Å²) in [6.45, 7) is 8.19. The highest BCUT2D eigenvalue weighted by atomic mass is 16.5. The Hall–Kier alpha value is -0.790. The number of ether oxygens (including phenoxy) is 1. The molecule has 0 heterocycles. The van der Waals surface area contributed by atoms with Gasteiger partial charge in [-0.3, -0.25) is 4.79 Å². The summed E-state index contributed by atoms with van der Waals surface area (Å²) in [7, 11) is 0. The molecule has 3 rings (SSSR count). The summed E-state index contributed by atoms with van der Waals surface area (Å²) < 4.78 is 5.33. The fourth-order valence-corrected chi connectivity index (χ4v) is 3.09. The van der Waals surface area contributed by atoms with Crippen LogP contribution in [-0.2, 0) is 9.53 Å². The number of allylic oxidation sites excluding steroid dienone is 1. The van der Waals surface area contributed by atoms with Crippen LogP contribution < -0.4 is 0 Å². The predicted molar refractivity (Wildman–Crippen MR) is 54.7 cm³/mol. The third-order valence-corrected chi connectivity index (χ3v) is 4.02. The lowest BCUT2D eigenvalue weighted by molar-refractivity contribution is -0.158. The van der Waals surface area contributed by atoms with Gasteiger partial charge in [-0.25, -0.2) is 0 Å². The van der Waals surface area contributed by atoms with E-state index in [1.54, 1.807) is 0 Å². The van der Waals surface area contributed by atoms with Crippen LogP contribution in [0, 0.1) is 17.3 Å². The summed E-state index contributed by atoms with van der Waals surface area (Å²) in [4.78, 5) is 10.9. The number of rotatable bonds is 1. The molecule has 0 aromatic carbocycles. The molecule has 1 unspecified atom stereocenters. The van der Waals surface area contributed by atoms with Gasteiger partial charge in [0, 0.05) is 12.8 Å². The summed E-state index contributed by atoms with van der Waals surface area (Å²) in [5.41, 5.74) is 1.71. The molecule has 0 aromatic heterocycles. The molecule has 2 nitrogen and oxygen atoms in total. The third-order valence-electron chi connectivity index (χ3n) is 4.02. The second-order valence-electron chi connectivity index (χ2n) is 5.20. The Bertz CT molecular complexity index is 301. The summed E-state index contributed by atoms with van der Waals surface area (Å²) in [5, 5.41) is 0. The maximum absolute atomic E-state index is 10.9. The molecule has 2 heteroatoms. The van der Waals surface area contributed by atoms with E-state index >= 15 is 0 Å². The van der Waals surface area contributed by atoms with Crippen molar-refractivity contribution < 1.29 is 9.53 Å². The normalized spacial score (nSPS) is 38.3. The molecule has 0 radical (unpaired) electrons. The van der Waals surface area contributed by atoms with E-state index < -0.39 is 0 Å². The Morgan fingerprint density at radius 3 is 2.64 bits per heavy atom. The largest absolute Gasteiger partial charge is 0.458 e. The van der Waals surface area contributed by atoms with Crippen molar-refractivity contribution >= 4 is 5.97 Å². The Morgan fingerprint density at radius 1 is 1.57 bits per heavy atom. The van der Waals surface area contributed by atoms with Crippen molar-refractivity contribution in [3.05, 3.63) is 11.6 Å². The molecular weight excluding hydrogens is 176 g/mol. The van der Waals surface area contributed by atoms with Gasteiger partial charge in [-0.15, -0.1) is 0 Å². The number of fused-ring (bicyclic) bond motifs is 1. The number of hydrogen-bond acceptors (Lipinski definition) is 2. The molecule has 0 N–H and O–H groups in total. The first-order valence-electron chi connectivity index (χ1n) is 5.28. The highest BCUT2D eigenvalue weighted by Gasteiger charge is 2.55. The molecule has 0 aliphatic heterocycles. The van der Waals surface area contributed by atoms with Gasteiger partial charge in [0.15, 0.2) is 0 Å². The number of esters is 1. The van der Waals surface area contributed by atoms with Gasteiger partial charge < -0.3 is 4.74 Å². The zero-order valence-corrected chi connectivity index (χ0v) is 9.33. The van der Waals surface area contributed by atoms with Crippen LogP contribution in [-0.4, -0.2) is 12.1 Å². The molecule has 3 atom stereocenters. The Labute approximate surface area is 85.3 Å². The van der Waals surface area contributed by atoms with Crippen LogP contribution in [0.3, 0.4) is 0 Å². The van der Waals surface area contributed by atoms with Crippen molar-refractivity contribution in [1.82, 2.24) is 0 Å². The minimum atomic E-state index is -0.166. The van der Waals surface area contributed by atoms with E-state index in [4.69, 9.17) is 4.74 Å². The summed E-state index contributed by atoms with van der Waals surface area (Å²) in [5.74, 6) is 1.07. The van der Waals surface area contributed by atoms with Gasteiger partial charge in [0.1, 0.15) is 6.10 Å². The van der Waals surface area contributed by atoms with Crippen molar-refractivity contribution in [2.45, 2.75) is 40.2 Å². The summed E-state index contributed by atoms with van der Waals surface area (Å²) in [6, 6.07) is 0. The van der Waals surface area contributed by atoms with Crippen molar-refractivity contribution in [2.75, 3.05) is 0 Å². The molecule has 2 bridgehead atoms. The van der Waals surface area contributed by atoms with E-state index in [1.165, 1.54) is 18.9 Å². The van der Waals surface area contributed by atoms with Crippen LogP contribution in [0.5, 0.6) is 0 Å². The van der Waals surface area contributed by atoms with Crippen LogP contribution in [0.25, 0.3) is 0 Å². The average molecular weight is 194 g/mol. The van der Waals surface area contributed by atoms with Crippen LogP contribution in [0.4, 0.5) is 0 Å². The van der Waals surface area contributed by atoms with Crippen LogP contribution >= 0.6 is 0 Å². The van der Waals surface area contributed by atoms with Crippen LogP contribution in [0.15, 0.2) is 11.6 Å². The molecule has 0 aromatic rings. The van der Waals surface area contributed by atoms with Crippen molar-refractivity contribution in [3.8, 4) is 0 Å². The quantitative estimate of drug-likeness (QED) is 0.473. The zero-order valence-electron chi connectivity index (χ0n) is 9.33. The fraction of sp³-hybridized carbons (Fsp3) is 0.750. The maximum atomic E-state index is 10.9. The monoisotopic (exact) mass is 194 g/mol. The third kappa shape index (κ3) is 1.20. The summed E-state index contributed by atoms with van der Waals surface area (Å²) in [6.07, 6.45) is 3.34. The molecule has 0 spiro atoms. The van der Waals surface area contributed by atoms with E-state index in [0.717, 1.165) is 0 Å². The number of hydrogen-bond donors (Lipinski definition) is 0. The molecule has 0 saturated heterocycles. The first-order chi connectivity index (χ1) is 6.43. The van der Waals surface area contributed by atoms with Gasteiger partial charge in [0.25, 0.3) is 0 Å². The second-order valence-corrected chi connectivity index (χ2v) is 5.20. The second kappa shape index (κ2) is 2.85. The standard InChI is InChI=1S/C12H18O2/c1-7-5-11(14-8(2)13)10-6-9(7)12(10,3)4/h5,9-11H,6H2,1-4H3/t9-,10+,11?/m1/s1. The Balaban J connectivity index is 2.21. The van der Waals surface area contributed by atoms with E-state index in [-0.39, 0.29) is 12.1 Å². The van der Waals surface area contributed by atoms with E-state index in [2.05, 4.69) is 26.8 Å². The topological polar surface area (TPSA) is 26.3 Å². The smallest absolute Gasteiger partial charge is 0.303 e. The average Bonchev–Trinajstić information content (AvgIpc) is 2.00. The van der Waals surface area contributed by atoms with Crippen LogP contribution in [0.1, 0.15) is 34.1 Å². The molecular formula is C12H18O2. The lowest BCUT2D eigenvalue weighted by Crippen LogP contribution is -2.54. The van der Waals surface area contributed by atoms with E-state index in [1.807, 2.05) is 0 Å². The van der Waals surface area contributed by atoms with E-state index in [9.17, 15) is 4.79 Å². The fourth-order valence-electron chi connectivity index (χ4n) is 3.09. The van der Waals surface area contributed by atoms with E-state index in [0.29, 0.717) is 17.3 Å². The molecule has 0 amide bonds. The van der Waals surface area contributed by atoms with Crippen molar-refractivity contribution in [3.63, 3.8) is 0 Å². The molecule has 3 aliphatic rings. The molecule has 78 valence electrons. The maximum Gasteiger partial charge on any atom is 0.303 e. The minimum Gasteiger partial charge on any atom is -0.458 e. The van der Waals surface area contributed by atoms with Gasteiger partial charge in [-0.05, 0) is 30.8 Å². The highest BCUT2D eigenvalue weighted by molar-refractivity contribution is 5.66. The van der Waals surface area contributed by atoms with Crippen molar-refractivity contribution in [1.29, 1.82) is 0 Å². The SMILES string of the molecule is CC(=O)OC1C=C(C)[C@H]2C[C@@H]1C2(C)C. The van der Waals surface area contributed by atoms with Gasteiger partial charge in [0.2, 0.25) is 0 Å². The van der Waals surface area contributed by atoms with Gasteiger partial charge in [-0.2, -0.15) is 0 Å². The molecule has 1 fully saturated rings. The highest BCUT2D eigenvalue weighted by Crippen LogP contribution is 2.59.